The van der Waals surface area contributed by atoms with Gasteiger partial charge in [0, 0.05) is 6.54 Å². The van der Waals surface area contributed by atoms with Crippen molar-refractivity contribution in [2.45, 2.75) is 51.6 Å². The molecule has 0 radical (unpaired) electrons. The topological polar surface area (TPSA) is 49.5 Å². The standard InChI is InChI=1S/C13H28N2O/c1-3-9-15(4-2)10-7-12-6-5-8-13(12,16)11-14/h12,16H,3-11,14H2,1-2H3. The molecule has 3 heteroatoms. The predicted molar refractivity (Wildman–Crippen MR) is 68.4 cm³/mol. The molecule has 2 atom stereocenters. The molecule has 1 aliphatic rings. The van der Waals surface area contributed by atoms with E-state index in [0.717, 1.165) is 38.8 Å². The van der Waals surface area contributed by atoms with Crippen LogP contribution in [0.25, 0.3) is 0 Å². The molecule has 0 saturated heterocycles. The molecule has 1 aliphatic carbocycles. The van der Waals surface area contributed by atoms with Crippen LogP contribution < -0.4 is 5.73 Å². The Hall–Kier alpha value is -0.120. The van der Waals surface area contributed by atoms with E-state index in [1.54, 1.807) is 0 Å². The minimum atomic E-state index is -0.564. The summed E-state index contributed by atoms with van der Waals surface area (Å²) < 4.78 is 0. The second-order valence-corrected chi connectivity index (χ2v) is 5.12. The maximum Gasteiger partial charge on any atom is 0.0797 e. The summed E-state index contributed by atoms with van der Waals surface area (Å²) >= 11 is 0. The van der Waals surface area contributed by atoms with Gasteiger partial charge in [-0.2, -0.15) is 0 Å². The smallest absolute Gasteiger partial charge is 0.0797 e. The van der Waals surface area contributed by atoms with Gasteiger partial charge in [0.2, 0.25) is 0 Å². The molecule has 0 aliphatic heterocycles. The van der Waals surface area contributed by atoms with Crippen LogP contribution in [0.3, 0.4) is 0 Å². The number of hydrogen-bond acceptors (Lipinski definition) is 3. The van der Waals surface area contributed by atoms with Crippen molar-refractivity contribution in [1.29, 1.82) is 0 Å². The number of aliphatic hydroxyl groups is 1. The largest absolute Gasteiger partial charge is 0.388 e. The van der Waals surface area contributed by atoms with Gasteiger partial charge in [-0.1, -0.05) is 20.3 Å². The molecule has 0 aromatic heterocycles. The molecule has 1 rings (SSSR count). The normalized spacial score (nSPS) is 30.2. The molecule has 3 nitrogen and oxygen atoms in total. The molecule has 0 spiro atoms. The van der Waals surface area contributed by atoms with Crippen LogP contribution in [0.4, 0.5) is 0 Å². The summed E-state index contributed by atoms with van der Waals surface area (Å²) in [6.45, 7) is 8.24. The van der Waals surface area contributed by atoms with Crippen LogP contribution >= 0.6 is 0 Å². The third-order valence-corrected chi connectivity index (χ3v) is 4.06. The molecule has 0 amide bonds. The van der Waals surface area contributed by atoms with Gasteiger partial charge in [0.15, 0.2) is 0 Å². The molecule has 1 fully saturated rings. The van der Waals surface area contributed by atoms with Crippen molar-refractivity contribution in [3.05, 3.63) is 0 Å². The summed E-state index contributed by atoms with van der Waals surface area (Å²) in [5.41, 5.74) is 5.13. The molecule has 0 aromatic rings. The molecule has 0 heterocycles. The zero-order chi connectivity index (χ0) is 12.0. The Bertz CT molecular complexity index is 198. The highest BCUT2D eigenvalue weighted by molar-refractivity contribution is 4.93. The first kappa shape index (κ1) is 13.9. The highest BCUT2D eigenvalue weighted by Crippen LogP contribution is 2.37. The fraction of sp³-hybridized carbons (Fsp3) is 1.00. The summed E-state index contributed by atoms with van der Waals surface area (Å²) in [7, 11) is 0. The Morgan fingerprint density at radius 2 is 2.12 bits per heavy atom. The fourth-order valence-electron chi connectivity index (χ4n) is 2.89. The third-order valence-electron chi connectivity index (χ3n) is 4.06. The summed E-state index contributed by atoms with van der Waals surface area (Å²) in [5.74, 6) is 0.420. The van der Waals surface area contributed by atoms with Crippen LogP contribution in [-0.2, 0) is 0 Å². The van der Waals surface area contributed by atoms with Crippen molar-refractivity contribution in [2.24, 2.45) is 11.7 Å². The van der Waals surface area contributed by atoms with E-state index in [2.05, 4.69) is 18.7 Å². The summed E-state index contributed by atoms with van der Waals surface area (Å²) in [6, 6.07) is 0. The first-order valence-corrected chi connectivity index (χ1v) is 6.81. The van der Waals surface area contributed by atoms with E-state index in [0.29, 0.717) is 12.5 Å². The van der Waals surface area contributed by atoms with E-state index in [1.165, 1.54) is 13.0 Å². The number of rotatable bonds is 7. The Morgan fingerprint density at radius 3 is 2.69 bits per heavy atom. The van der Waals surface area contributed by atoms with E-state index in [1.807, 2.05) is 0 Å². The van der Waals surface area contributed by atoms with Crippen molar-refractivity contribution in [1.82, 2.24) is 4.90 Å². The second-order valence-electron chi connectivity index (χ2n) is 5.12. The van der Waals surface area contributed by atoms with Gasteiger partial charge in [0.1, 0.15) is 0 Å². The molecule has 0 bridgehead atoms. The van der Waals surface area contributed by atoms with Gasteiger partial charge in [0.25, 0.3) is 0 Å². The number of nitrogens with two attached hydrogens (primary N) is 1. The van der Waals surface area contributed by atoms with Gasteiger partial charge in [-0.15, -0.1) is 0 Å². The van der Waals surface area contributed by atoms with Crippen LogP contribution in [0.15, 0.2) is 0 Å². The number of hydrogen-bond donors (Lipinski definition) is 2. The van der Waals surface area contributed by atoms with Crippen molar-refractivity contribution in [3.63, 3.8) is 0 Å². The van der Waals surface area contributed by atoms with Crippen molar-refractivity contribution in [2.75, 3.05) is 26.2 Å². The van der Waals surface area contributed by atoms with Crippen molar-refractivity contribution < 1.29 is 5.11 Å². The first-order valence-electron chi connectivity index (χ1n) is 6.81. The van der Waals surface area contributed by atoms with Gasteiger partial charge < -0.3 is 15.7 Å². The molecule has 16 heavy (non-hydrogen) atoms. The van der Waals surface area contributed by atoms with E-state index in [4.69, 9.17) is 5.73 Å². The SMILES string of the molecule is CCCN(CC)CCC1CCCC1(O)CN. The minimum Gasteiger partial charge on any atom is -0.388 e. The maximum atomic E-state index is 10.3. The van der Waals surface area contributed by atoms with Gasteiger partial charge in [-0.25, -0.2) is 0 Å². The van der Waals surface area contributed by atoms with E-state index >= 15 is 0 Å². The summed E-state index contributed by atoms with van der Waals surface area (Å²) in [6.07, 6.45) is 5.49. The van der Waals surface area contributed by atoms with Crippen LogP contribution in [0.5, 0.6) is 0 Å². The average molecular weight is 228 g/mol. The van der Waals surface area contributed by atoms with Crippen molar-refractivity contribution >= 4 is 0 Å². The zero-order valence-electron chi connectivity index (χ0n) is 10.9. The van der Waals surface area contributed by atoms with Crippen LogP contribution in [0.1, 0.15) is 46.0 Å². The molecule has 3 N–H and O–H groups in total. The first-order chi connectivity index (χ1) is 7.66. The molecule has 96 valence electrons. The lowest BCUT2D eigenvalue weighted by atomic mass is 9.88. The summed E-state index contributed by atoms with van der Waals surface area (Å²) in [5, 5.41) is 10.3. The molecular formula is C13H28N2O. The van der Waals surface area contributed by atoms with E-state index in [-0.39, 0.29) is 0 Å². The third kappa shape index (κ3) is 3.44. The Balaban J connectivity index is 2.36. The van der Waals surface area contributed by atoms with Gasteiger partial charge >= 0.3 is 0 Å². The Kier molecular flexibility index (Phi) is 5.73. The zero-order valence-corrected chi connectivity index (χ0v) is 10.9. The lowest BCUT2D eigenvalue weighted by molar-refractivity contribution is 0.00472. The minimum absolute atomic E-state index is 0.420. The van der Waals surface area contributed by atoms with Crippen LogP contribution in [0.2, 0.25) is 0 Å². The van der Waals surface area contributed by atoms with Crippen LogP contribution in [-0.4, -0.2) is 41.8 Å². The predicted octanol–water partition coefficient (Wildman–Crippen LogP) is 1.60. The molecule has 0 aromatic carbocycles. The van der Waals surface area contributed by atoms with Crippen molar-refractivity contribution in [3.8, 4) is 0 Å². The Labute approximate surface area is 100 Å². The fourth-order valence-corrected chi connectivity index (χ4v) is 2.89. The highest BCUT2D eigenvalue weighted by Gasteiger charge is 2.39. The molecular weight excluding hydrogens is 200 g/mol. The Morgan fingerprint density at radius 1 is 1.38 bits per heavy atom. The highest BCUT2D eigenvalue weighted by atomic mass is 16.3. The summed E-state index contributed by atoms with van der Waals surface area (Å²) in [4.78, 5) is 2.47. The van der Waals surface area contributed by atoms with Gasteiger partial charge in [-0.05, 0) is 51.2 Å². The maximum absolute atomic E-state index is 10.3. The van der Waals surface area contributed by atoms with Gasteiger partial charge in [0.05, 0.1) is 5.60 Å². The molecule has 2 unspecified atom stereocenters. The van der Waals surface area contributed by atoms with Gasteiger partial charge in [-0.3, -0.25) is 0 Å². The lowest BCUT2D eigenvalue weighted by Gasteiger charge is -2.30. The number of nitrogens with zero attached hydrogens (tertiary/aromatic N) is 1. The van der Waals surface area contributed by atoms with E-state index in [9.17, 15) is 5.11 Å². The average Bonchev–Trinajstić information content (AvgIpc) is 2.67. The lowest BCUT2D eigenvalue weighted by Crippen LogP contribution is -2.42. The molecule has 1 saturated carbocycles. The monoisotopic (exact) mass is 228 g/mol. The quantitative estimate of drug-likeness (QED) is 0.696. The second kappa shape index (κ2) is 6.58. The van der Waals surface area contributed by atoms with Crippen LogP contribution in [0, 0.1) is 5.92 Å². The van der Waals surface area contributed by atoms with E-state index < -0.39 is 5.60 Å².